The standard InChI is InChI=1S/C16H20N2O2S/c1-11(9-10-13-7-5-4-6-8-13)17-16-18-14(12(2)21-16)15(19)20-3/h4-8,11H,9-10H2,1-3H3,(H,17,18). The molecule has 0 saturated carbocycles. The van der Waals surface area contributed by atoms with Crippen molar-refractivity contribution in [2.24, 2.45) is 0 Å². The number of carbonyl (C=O) groups excluding carboxylic acids is 1. The largest absolute Gasteiger partial charge is 0.464 e. The zero-order valence-electron chi connectivity index (χ0n) is 12.6. The Morgan fingerprint density at radius 2 is 2.10 bits per heavy atom. The van der Waals surface area contributed by atoms with Crippen molar-refractivity contribution >= 4 is 22.4 Å². The number of nitrogens with zero attached hydrogens (tertiary/aromatic N) is 1. The summed E-state index contributed by atoms with van der Waals surface area (Å²) in [5, 5.41) is 4.12. The highest BCUT2D eigenvalue weighted by Gasteiger charge is 2.16. The first kappa shape index (κ1) is 15.5. The topological polar surface area (TPSA) is 51.2 Å². The van der Waals surface area contributed by atoms with Crippen LogP contribution in [0.3, 0.4) is 0 Å². The second-order valence-electron chi connectivity index (χ2n) is 4.99. The van der Waals surface area contributed by atoms with Crippen LogP contribution < -0.4 is 5.32 Å². The fourth-order valence-corrected chi connectivity index (χ4v) is 2.97. The van der Waals surface area contributed by atoms with E-state index in [0.717, 1.165) is 22.9 Å². The molecule has 0 saturated heterocycles. The molecule has 5 heteroatoms. The monoisotopic (exact) mass is 304 g/mol. The highest BCUT2D eigenvalue weighted by atomic mass is 32.1. The maximum atomic E-state index is 11.5. The van der Waals surface area contributed by atoms with Crippen LogP contribution in [0.2, 0.25) is 0 Å². The predicted molar refractivity (Wildman–Crippen MR) is 86.0 cm³/mol. The molecular weight excluding hydrogens is 284 g/mol. The minimum atomic E-state index is -0.381. The Kier molecular flexibility index (Phi) is 5.33. The van der Waals surface area contributed by atoms with Crippen LogP contribution in [0, 0.1) is 6.92 Å². The predicted octanol–water partition coefficient (Wildman–Crippen LogP) is 3.67. The first-order chi connectivity index (χ1) is 10.1. The number of aryl methyl sites for hydroxylation is 2. The number of anilines is 1. The van der Waals surface area contributed by atoms with Crippen molar-refractivity contribution in [3.05, 3.63) is 46.5 Å². The van der Waals surface area contributed by atoms with E-state index < -0.39 is 0 Å². The van der Waals surface area contributed by atoms with Gasteiger partial charge >= 0.3 is 5.97 Å². The molecule has 2 rings (SSSR count). The fourth-order valence-electron chi connectivity index (χ4n) is 2.06. The number of hydrogen-bond acceptors (Lipinski definition) is 5. The number of aromatic nitrogens is 1. The molecule has 0 amide bonds. The van der Waals surface area contributed by atoms with Crippen LogP contribution in [0.1, 0.15) is 34.3 Å². The van der Waals surface area contributed by atoms with Gasteiger partial charge in [-0.15, -0.1) is 11.3 Å². The average molecular weight is 304 g/mol. The Labute approximate surface area is 129 Å². The number of methoxy groups -OCH3 is 1. The Balaban J connectivity index is 1.91. The van der Waals surface area contributed by atoms with Crippen LogP contribution in [-0.2, 0) is 11.2 Å². The van der Waals surface area contributed by atoms with Gasteiger partial charge in [-0.2, -0.15) is 0 Å². The molecule has 1 heterocycles. The fraction of sp³-hybridized carbons (Fsp3) is 0.375. The summed E-state index contributed by atoms with van der Waals surface area (Å²) in [4.78, 5) is 16.7. The molecular formula is C16H20N2O2S. The number of nitrogens with one attached hydrogen (secondary N) is 1. The number of hydrogen-bond donors (Lipinski definition) is 1. The summed E-state index contributed by atoms with van der Waals surface area (Å²) in [6, 6.07) is 10.7. The molecule has 0 aliphatic heterocycles. The molecule has 0 bridgehead atoms. The number of carbonyl (C=O) groups is 1. The molecule has 1 unspecified atom stereocenters. The summed E-state index contributed by atoms with van der Waals surface area (Å²) < 4.78 is 4.72. The summed E-state index contributed by atoms with van der Waals surface area (Å²) >= 11 is 1.49. The van der Waals surface area contributed by atoms with Crippen LogP contribution in [0.25, 0.3) is 0 Å². The number of rotatable bonds is 6. The van der Waals surface area contributed by atoms with Gasteiger partial charge in [-0.3, -0.25) is 0 Å². The second kappa shape index (κ2) is 7.22. The third kappa shape index (κ3) is 4.29. The number of thiazole rings is 1. The lowest BCUT2D eigenvalue weighted by Crippen LogP contribution is -2.16. The smallest absolute Gasteiger partial charge is 0.357 e. The zero-order chi connectivity index (χ0) is 15.2. The molecule has 112 valence electrons. The highest BCUT2D eigenvalue weighted by molar-refractivity contribution is 7.15. The van der Waals surface area contributed by atoms with E-state index in [-0.39, 0.29) is 5.97 Å². The van der Waals surface area contributed by atoms with Gasteiger partial charge in [0.1, 0.15) is 0 Å². The van der Waals surface area contributed by atoms with Gasteiger partial charge in [0.25, 0.3) is 0 Å². The van der Waals surface area contributed by atoms with E-state index in [1.54, 1.807) is 0 Å². The van der Waals surface area contributed by atoms with Gasteiger partial charge in [-0.05, 0) is 32.3 Å². The highest BCUT2D eigenvalue weighted by Crippen LogP contribution is 2.23. The van der Waals surface area contributed by atoms with E-state index in [4.69, 9.17) is 4.74 Å². The van der Waals surface area contributed by atoms with E-state index in [1.165, 1.54) is 24.0 Å². The van der Waals surface area contributed by atoms with Crippen molar-refractivity contribution in [3.8, 4) is 0 Å². The van der Waals surface area contributed by atoms with Gasteiger partial charge in [-0.25, -0.2) is 9.78 Å². The van der Waals surface area contributed by atoms with E-state index in [1.807, 2.05) is 13.0 Å². The van der Waals surface area contributed by atoms with Gasteiger partial charge in [0.05, 0.1) is 7.11 Å². The van der Waals surface area contributed by atoms with Crippen LogP contribution in [0.15, 0.2) is 30.3 Å². The lowest BCUT2D eigenvalue weighted by Gasteiger charge is -2.12. The minimum Gasteiger partial charge on any atom is -0.464 e. The Hall–Kier alpha value is -1.88. The third-order valence-electron chi connectivity index (χ3n) is 3.25. The van der Waals surface area contributed by atoms with Gasteiger partial charge in [-0.1, -0.05) is 30.3 Å². The first-order valence-electron chi connectivity index (χ1n) is 6.96. The van der Waals surface area contributed by atoms with Crippen LogP contribution >= 0.6 is 11.3 Å². The first-order valence-corrected chi connectivity index (χ1v) is 7.78. The van der Waals surface area contributed by atoms with Crippen molar-refractivity contribution < 1.29 is 9.53 Å². The molecule has 1 atom stereocenters. The molecule has 0 aliphatic rings. The summed E-state index contributed by atoms with van der Waals surface area (Å²) in [5.74, 6) is -0.381. The molecule has 0 radical (unpaired) electrons. The van der Waals surface area contributed by atoms with E-state index in [0.29, 0.717) is 11.7 Å². The maximum absolute atomic E-state index is 11.5. The zero-order valence-corrected chi connectivity index (χ0v) is 13.4. The van der Waals surface area contributed by atoms with E-state index >= 15 is 0 Å². The van der Waals surface area contributed by atoms with Crippen LogP contribution in [0.4, 0.5) is 5.13 Å². The molecule has 1 aromatic heterocycles. The SMILES string of the molecule is COC(=O)c1nc(NC(C)CCc2ccccc2)sc1C. The van der Waals surface area contributed by atoms with Crippen LogP contribution in [0.5, 0.6) is 0 Å². The number of benzene rings is 1. The molecule has 4 nitrogen and oxygen atoms in total. The molecule has 0 aliphatic carbocycles. The Morgan fingerprint density at radius 1 is 1.38 bits per heavy atom. The third-order valence-corrected chi connectivity index (χ3v) is 4.16. The van der Waals surface area contributed by atoms with Gasteiger partial charge in [0.2, 0.25) is 0 Å². The minimum absolute atomic E-state index is 0.293. The lowest BCUT2D eigenvalue weighted by molar-refractivity contribution is 0.0594. The van der Waals surface area contributed by atoms with Crippen molar-refractivity contribution in [3.63, 3.8) is 0 Å². The average Bonchev–Trinajstić information content (AvgIpc) is 2.86. The van der Waals surface area contributed by atoms with Gasteiger partial charge < -0.3 is 10.1 Å². The quantitative estimate of drug-likeness (QED) is 0.827. The molecule has 0 fully saturated rings. The van der Waals surface area contributed by atoms with Crippen molar-refractivity contribution in [2.75, 3.05) is 12.4 Å². The number of ether oxygens (including phenoxy) is 1. The van der Waals surface area contributed by atoms with Gasteiger partial charge in [0, 0.05) is 10.9 Å². The van der Waals surface area contributed by atoms with Crippen molar-refractivity contribution in [1.82, 2.24) is 4.98 Å². The summed E-state index contributed by atoms with van der Waals surface area (Å²) in [7, 11) is 1.37. The van der Waals surface area contributed by atoms with Gasteiger partial charge in [0.15, 0.2) is 10.8 Å². The van der Waals surface area contributed by atoms with Crippen molar-refractivity contribution in [1.29, 1.82) is 0 Å². The lowest BCUT2D eigenvalue weighted by atomic mass is 10.1. The summed E-state index contributed by atoms with van der Waals surface area (Å²) in [6.07, 6.45) is 2.03. The number of esters is 1. The van der Waals surface area contributed by atoms with Crippen molar-refractivity contribution in [2.45, 2.75) is 32.7 Å². The summed E-state index contributed by atoms with van der Waals surface area (Å²) in [5.41, 5.74) is 1.73. The second-order valence-corrected chi connectivity index (χ2v) is 6.19. The van der Waals surface area contributed by atoms with E-state index in [2.05, 4.69) is 41.5 Å². The molecule has 2 aromatic rings. The maximum Gasteiger partial charge on any atom is 0.357 e. The molecule has 1 aromatic carbocycles. The Morgan fingerprint density at radius 3 is 2.76 bits per heavy atom. The molecule has 21 heavy (non-hydrogen) atoms. The normalized spacial score (nSPS) is 12.0. The van der Waals surface area contributed by atoms with Crippen LogP contribution in [-0.4, -0.2) is 24.1 Å². The Bertz CT molecular complexity index is 596. The molecule has 1 N–H and O–H groups in total. The molecule has 0 spiro atoms. The summed E-state index contributed by atoms with van der Waals surface area (Å²) in [6.45, 7) is 4.00. The van der Waals surface area contributed by atoms with E-state index in [9.17, 15) is 4.79 Å².